The van der Waals surface area contributed by atoms with Gasteiger partial charge >= 0.3 is 0 Å². The van der Waals surface area contributed by atoms with E-state index in [4.69, 9.17) is 21.7 Å². The Balaban J connectivity index is 2.34. The number of rotatable bonds is 8. The van der Waals surface area contributed by atoms with Gasteiger partial charge in [0.15, 0.2) is 11.5 Å². The van der Waals surface area contributed by atoms with Crippen molar-refractivity contribution in [1.82, 2.24) is 4.90 Å². The van der Waals surface area contributed by atoms with Gasteiger partial charge in [0.25, 0.3) is 5.91 Å². The largest absolute Gasteiger partial charge is 0.548 e. The average molecular weight is 409 g/mol. The molecule has 0 unspecified atom stereocenters. The highest BCUT2D eigenvalue weighted by molar-refractivity contribution is 8.26. The van der Waals surface area contributed by atoms with Crippen LogP contribution in [0.3, 0.4) is 0 Å². The third kappa shape index (κ3) is 4.62. The first-order chi connectivity index (χ1) is 12.8. The normalized spacial score (nSPS) is 17.9. The number of carboxylic acids is 1. The number of benzene rings is 1. The molecule has 146 valence electrons. The molecule has 0 aromatic heterocycles. The molecule has 1 aliphatic rings. The Morgan fingerprint density at radius 3 is 2.63 bits per heavy atom. The van der Waals surface area contributed by atoms with E-state index < -0.39 is 17.9 Å². The standard InChI is InChI=1S/C19H23NO5S2/c1-5-11(3)16(18(22)23)20-17(21)15(27-19(20)26)10-12-7-8-13(25-6-2)14(9-12)24-4/h7-11,16H,5-6H2,1-4H3,(H,22,23)/p-1/b15-10-/t11-,16+/m1/s1. The van der Waals surface area contributed by atoms with E-state index in [1.165, 1.54) is 7.11 Å². The van der Waals surface area contributed by atoms with Gasteiger partial charge in [0.1, 0.15) is 4.32 Å². The third-order valence-electron chi connectivity index (χ3n) is 4.31. The number of hydrogen-bond acceptors (Lipinski definition) is 7. The van der Waals surface area contributed by atoms with Crippen LogP contribution in [0.2, 0.25) is 0 Å². The Morgan fingerprint density at radius 1 is 1.37 bits per heavy atom. The van der Waals surface area contributed by atoms with E-state index in [0.29, 0.717) is 29.4 Å². The quantitative estimate of drug-likeness (QED) is 0.483. The maximum absolute atomic E-state index is 12.8. The second-order valence-corrected chi connectivity index (χ2v) is 7.72. The van der Waals surface area contributed by atoms with Crippen molar-refractivity contribution >= 4 is 46.3 Å². The van der Waals surface area contributed by atoms with Crippen LogP contribution in [0.1, 0.15) is 32.8 Å². The first-order valence-electron chi connectivity index (χ1n) is 8.62. The zero-order valence-corrected chi connectivity index (χ0v) is 17.3. The van der Waals surface area contributed by atoms with Crippen LogP contribution in [-0.2, 0) is 9.59 Å². The highest BCUT2D eigenvalue weighted by Gasteiger charge is 2.39. The summed E-state index contributed by atoms with van der Waals surface area (Å²) in [4.78, 5) is 25.9. The Hall–Kier alpha value is -2.06. The minimum atomic E-state index is -1.30. The molecule has 0 spiro atoms. The van der Waals surface area contributed by atoms with Gasteiger partial charge in [-0.05, 0) is 36.6 Å². The summed E-state index contributed by atoms with van der Waals surface area (Å²) in [5.74, 6) is -0.841. The molecule has 0 radical (unpaired) electrons. The van der Waals surface area contributed by atoms with E-state index in [1.807, 2.05) is 13.8 Å². The monoisotopic (exact) mass is 408 g/mol. The van der Waals surface area contributed by atoms with Crippen molar-refractivity contribution in [2.75, 3.05) is 13.7 Å². The second-order valence-electron chi connectivity index (χ2n) is 6.04. The lowest BCUT2D eigenvalue weighted by atomic mass is 9.98. The maximum Gasteiger partial charge on any atom is 0.266 e. The van der Waals surface area contributed by atoms with Gasteiger partial charge in [0.05, 0.1) is 30.6 Å². The molecule has 0 bridgehead atoms. The molecule has 6 nitrogen and oxygen atoms in total. The number of hydrogen-bond donors (Lipinski definition) is 0. The minimum absolute atomic E-state index is 0.221. The molecule has 2 atom stereocenters. The SMILES string of the molecule is CCOc1ccc(/C=C2\SC(=S)N([C@H](C(=O)[O-])[C@H](C)CC)C2=O)cc1OC. The zero-order chi connectivity index (χ0) is 20.1. The number of carboxylic acid groups (broad SMARTS) is 1. The number of carbonyl (C=O) groups is 2. The zero-order valence-electron chi connectivity index (χ0n) is 15.7. The van der Waals surface area contributed by atoms with Crippen molar-refractivity contribution in [3.05, 3.63) is 28.7 Å². The van der Waals surface area contributed by atoms with Gasteiger partial charge in [-0.3, -0.25) is 9.69 Å². The van der Waals surface area contributed by atoms with E-state index in [1.54, 1.807) is 31.2 Å². The van der Waals surface area contributed by atoms with Crippen molar-refractivity contribution in [3.63, 3.8) is 0 Å². The second kappa shape index (κ2) is 9.23. The van der Waals surface area contributed by atoms with Gasteiger partial charge in [-0.2, -0.15) is 0 Å². The lowest BCUT2D eigenvalue weighted by molar-refractivity contribution is -0.311. The lowest BCUT2D eigenvalue weighted by Crippen LogP contribution is -2.53. The summed E-state index contributed by atoms with van der Waals surface area (Å²) in [6.45, 7) is 6.01. The minimum Gasteiger partial charge on any atom is -0.548 e. The molecular weight excluding hydrogens is 386 g/mol. The Kier molecular flexibility index (Phi) is 7.26. The average Bonchev–Trinajstić information content (AvgIpc) is 2.90. The molecule has 0 saturated carbocycles. The summed E-state index contributed by atoms with van der Waals surface area (Å²) < 4.78 is 11.0. The molecule has 8 heteroatoms. The van der Waals surface area contributed by atoms with Gasteiger partial charge in [-0.1, -0.05) is 50.3 Å². The molecule has 1 aromatic carbocycles. The van der Waals surface area contributed by atoms with Crippen LogP contribution < -0.4 is 14.6 Å². The molecule has 1 fully saturated rings. The molecular formula is C19H22NO5S2-. The van der Waals surface area contributed by atoms with Gasteiger partial charge in [-0.15, -0.1) is 0 Å². The lowest BCUT2D eigenvalue weighted by Gasteiger charge is -2.32. The van der Waals surface area contributed by atoms with Crippen molar-refractivity contribution in [3.8, 4) is 11.5 Å². The molecule has 1 saturated heterocycles. The predicted molar refractivity (Wildman–Crippen MR) is 107 cm³/mol. The molecule has 1 heterocycles. The summed E-state index contributed by atoms with van der Waals surface area (Å²) >= 11 is 6.35. The molecule has 1 aromatic rings. The maximum atomic E-state index is 12.8. The number of thiocarbonyl (C=S) groups is 1. The van der Waals surface area contributed by atoms with Gasteiger partial charge in [-0.25, -0.2) is 0 Å². The number of thioether (sulfide) groups is 1. The van der Waals surface area contributed by atoms with Crippen LogP contribution in [0.25, 0.3) is 6.08 Å². The predicted octanol–water partition coefficient (Wildman–Crippen LogP) is 2.46. The number of aliphatic carboxylic acids is 1. The first-order valence-corrected chi connectivity index (χ1v) is 9.85. The Labute approximate surface area is 168 Å². The fourth-order valence-electron chi connectivity index (χ4n) is 2.74. The van der Waals surface area contributed by atoms with Gasteiger partial charge in [0, 0.05) is 0 Å². The summed E-state index contributed by atoms with van der Waals surface area (Å²) in [5, 5.41) is 11.6. The smallest absolute Gasteiger partial charge is 0.266 e. The summed E-state index contributed by atoms with van der Waals surface area (Å²) in [5.41, 5.74) is 0.726. The van der Waals surface area contributed by atoms with Crippen molar-refractivity contribution in [1.29, 1.82) is 0 Å². The molecule has 1 amide bonds. The van der Waals surface area contributed by atoms with E-state index in [-0.39, 0.29) is 10.2 Å². The van der Waals surface area contributed by atoms with Crippen molar-refractivity contribution in [2.24, 2.45) is 5.92 Å². The fraction of sp³-hybridized carbons (Fsp3) is 0.421. The van der Waals surface area contributed by atoms with E-state index in [9.17, 15) is 14.7 Å². The summed E-state index contributed by atoms with van der Waals surface area (Å²) in [6.07, 6.45) is 2.26. The van der Waals surface area contributed by atoms with Crippen LogP contribution in [-0.4, -0.2) is 40.9 Å². The molecule has 27 heavy (non-hydrogen) atoms. The number of ether oxygens (including phenoxy) is 2. The summed E-state index contributed by atoms with van der Waals surface area (Å²) in [6, 6.07) is 4.23. The number of methoxy groups -OCH3 is 1. The highest BCUT2D eigenvalue weighted by atomic mass is 32.2. The van der Waals surface area contributed by atoms with Gasteiger partial charge in [0.2, 0.25) is 0 Å². The van der Waals surface area contributed by atoms with Crippen LogP contribution in [0.5, 0.6) is 11.5 Å². The molecule has 1 aliphatic heterocycles. The van der Waals surface area contributed by atoms with Crippen molar-refractivity contribution < 1.29 is 24.2 Å². The summed E-state index contributed by atoms with van der Waals surface area (Å²) in [7, 11) is 1.54. The van der Waals surface area contributed by atoms with E-state index in [0.717, 1.165) is 22.2 Å². The first kappa shape index (κ1) is 21.2. The highest BCUT2D eigenvalue weighted by Crippen LogP contribution is 2.37. The Bertz CT molecular complexity index is 777. The third-order valence-corrected chi connectivity index (χ3v) is 5.64. The molecule has 0 aliphatic carbocycles. The number of amides is 1. The number of carbonyl (C=O) groups excluding carboxylic acids is 2. The van der Waals surface area contributed by atoms with Gasteiger partial charge < -0.3 is 19.4 Å². The van der Waals surface area contributed by atoms with E-state index >= 15 is 0 Å². The van der Waals surface area contributed by atoms with Crippen LogP contribution in [0.15, 0.2) is 23.1 Å². The Morgan fingerprint density at radius 2 is 2.07 bits per heavy atom. The van der Waals surface area contributed by atoms with Crippen LogP contribution >= 0.6 is 24.0 Å². The fourth-order valence-corrected chi connectivity index (χ4v) is 4.06. The molecule has 0 N–H and O–H groups in total. The number of nitrogens with zero attached hydrogens (tertiary/aromatic N) is 1. The van der Waals surface area contributed by atoms with Crippen LogP contribution in [0, 0.1) is 5.92 Å². The molecule has 2 rings (SSSR count). The topological polar surface area (TPSA) is 78.9 Å². The van der Waals surface area contributed by atoms with Crippen LogP contribution in [0.4, 0.5) is 0 Å². The van der Waals surface area contributed by atoms with Crippen molar-refractivity contribution in [2.45, 2.75) is 33.2 Å². The van der Waals surface area contributed by atoms with E-state index in [2.05, 4.69) is 0 Å².